The molecule has 0 heterocycles. The highest BCUT2D eigenvalue weighted by Gasteiger charge is 2.29. The Bertz CT molecular complexity index is 997. The van der Waals surface area contributed by atoms with Gasteiger partial charge in [0.1, 0.15) is 17.5 Å². The van der Waals surface area contributed by atoms with Gasteiger partial charge in [0.25, 0.3) is 0 Å². The van der Waals surface area contributed by atoms with Gasteiger partial charge < -0.3 is 14.8 Å². The fourth-order valence-electron chi connectivity index (χ4n) is 3.25. The number of carbonyl (C=O) groups is 1. The fourth-order valence-corrected chi connectivity index (χ4v) is 4.66. The van der Waals surface area contributed by atoms with Crippen molar-refractivity contribution in [3.63, 3.8) is 0 Å². The molecule has 7 nitrogen and oxygen atoms in total. The topological polar surface area (TPSA) is 84.9 Å². The number of halogens is 1. The van der Waals surface area contributed by atoms with Crippen molar-refractivity contribution in [3.05, 3.63) is 53.1 Å². The number of rotatable bonds is 11. The summed E-state index contributed by atoms with van der Waals surface area (Å²) >= 11 is 6.15. The van der Waals surface area contributed by atoms with Crippen LogP contribution in [0.2, 0.25) is 5.02 Å². The van der Waals surface area contributed by atoms with Crippen molar-refractivity contribution in [1.82, 2.24) is 5.32 Å². The fraction of sp³-hybridized carbons (Fsp3) is 0.409. The number of anilines is 1. The molecule has 0 saturated heterocycles. The standard InChI is InChI=1S/C22H29ClN2O5S/c1-5-30-20-11-7-6-9-17(20)10-8-14-24-22(26)16(2)25(31(4,27)28)18-12-13-21(29-3)19(23)15-18/h6-7,9,11-13,15-16H,5,8,10,14H2,1-4H3,(H,24,26). The second-order valence-electron chi connectivity index (χ2n) is 6.99. The first kappa shape index (κ1) is 24.8. The van der Waals surface area contributed by atoms with Crippen LogP contribution in [0.1, 0.15) is 25.8 Å². The highest BCUT2D eigenvalue weighted by Crippen LogP contribution is 2.31. The summed E-state index contributed by atoms with van der Waals surface area (Å²) in [5, 5.41) is 3.08. The summed E-state index contributed by atoms with van der Waals surface area (Å²) in [6.07, 6.45) is 2.48. The van der Waals surface area contributed by atoms with E-state index in [1.54, 1.807) is 19.1 Å². The van der Waals surface area contributed by atoms with Crippen LogP contribution in [0.25, 0.3) is 0 Å². The molecule has 0 saturated carbocycles. The van der Waals surface area contributed by atoms with Crippen LogP contribution in [-0.2, 0) is 21.2 Å². The Balaban J connectivity index is 2.03. The first-order valence-corrected chi connectivity index (χ1v) is 12.2. The third-order valence-corrected chi connectivity index (χ3v) is 6.21. The number of para-hydroxylation sites is 1. The van der Waals surface area contributed by atoms with Crippen LogP contribution in [0.3, 0.4) is 0 Å². The molecule has 2 aromatic rings. The Hall–Kier alpha value is -2.45. The average Bonchev–Trinajstić information content (AvgIpc) is 2.71. The Morgan fingerprint density at radius 3 is 2.52 bits per heavy atom. The molecular formula is C22H29ClN2O5S. The van der Waals surface area contributed by atoms with Crippen molar-refractivity contribution < 1.29 is 22.7 Å². The molecule has 1 amide bonds. The lowest BCUT2D eigenvalue weighted by Gasteiger charge is -2.28. The van der Waals surface area contributed by atoms with Crippen molar-refractivity contribution in [1.29, 1.82) is 0 Å². The lowest BCUT2D eigenvalue weighted by molar-refractivity contribution is -0.121. The van der Waals surface area contributed by atoms with Gasteiger partial charge in [0, 0.05) is 6.54 Å². The molecule has 9 heteroatoms. The maximum Gasteiger partial charge on any atom is 0.243 e. The molecule has 2 rings (SSSR count). The van der Waals surface area contributed by atoms with Gasteiger partial charge in [-0.3, -0.25) is 9.10 Å². The van der Waals surface area contributed by atoms with Gasteiger partial charge in [0.2, 0.25) is 15.9 Å². The third-order valence-electron chi connectivity index (χ3n) is 4.67. The summed E-state index contributed by atoms with van der Waals surface area (Å²) in [6, 6.07) is 11.4. The highest BCUT2D eigenvalue weighted by molar-refractivity contribution is 7.92. The Kier molecular flexibility index (Phi) is 9.00. The van der Waals surface area contributed by atoms with E-state index in [-0.39, 0.29) is 5.02 Å². The molecule has 0 bridgehead atoms. The van der Waals surface area contributed by atoms with E-state index >= 15 is 0 Å². The molecule has 1 N–H and O–H groups in total. The molecule has 0 aliphatic heterocycles. The molecule has 0 radical (unpaired) electrons. The number of hydrogen-bond donors (Lipinski definition) is 1. The second-order valence-corrected chi connectivity index (χ2v) is 9.26. The summed E-state index contributed by atoms with van der Waals surface area (Å²) < 4.78 is 36.6. The van der Waals surface area contributed by atoms with Gasteiger partial charge in [-0.15, -0.1) is 0 Å². The van der Waals surface area contributed by atoms with Gasteiger partial charge in [-0.1, -0.05) is 29.8 Å². The Morgan fingerprint density at radius 1 is 1.19 bits per heavy atom. The number of hydrogen-bond acceptors (Lipinski definition) is 5. The maximum atomic E-state index is 12.7. The van der Waals surface area contributed by atoms with Crippen LogP contribution < -0.4 is 19.1 Å². The minimum atomic E-state index is -3.73. The number of aryl methyl sites for hydroxylation is 1. The zero-order valence-corrected chi connectivity index (χ0v) is 19.8. The van der Waals surface area contributed by atoms with E-state index in [4.69, 9.17) is 21.1 Å². The van der Waals surface area contributed by atoms with E-state index in [9.17, 15) is 13.2 Å². The number of methoxy groups -OCH3 is 1. The van der Waals surface area contributed by atoms with Gasteiger partial charge in [-0.25, -0.2) is 8.42 Å². The molecule has 0 aliphatic carbocycles. The first-order valence-electron chi connectivity index (χ1n) is 10.00. The van der Waals surface area contributed by atoms with Crippen LogP contribution in [0.15, 0.2) is 42.5 Å². The van der Waals surface area contributed by atoms with Crippen LogP contribution in [0, 0.1) is 0 Å². The maximum absolute atomic E-state index is 12.7. The summed E-state index contributed by atoms with van der Waals surface area (Å²) in [4.78, 5) is 12.7. The van der Waals surface area contributed by atoms with E-state index in [0.29, 0.717) is 31.0 Å². The first-order chi connectivity index (χ1) is 14.7. The van der Waals surface area contributed by atoms with E-state index in [0.717, 1.165) is 28.3 Å². The van der Waals surface area contributed by atoms with Gasteiger partial charge in [0.15, 0.2) is 0 Å². The minimum Gasteiger partial charge on any atom is -0.495 e. The van der Waals surface area contributed by atoms with Gasteiger partial charge >= 0.3 is 0 Å². The zero-order valence-electron chi connectivity index (χ0n) is 18.2. The predicted molar refractivity (Wildman–Crippen MR) is 124 cm³/mol. The summed E-state index contributed by atoms with van der Waals surface area (Å²) in [7, 11) is -2.26. The monoisotopic (exact) mass is 468 g/mol. The van der Waals surface area contributed by atoms with E-state index < -0.39 is 22.0 Å². The zero-order chi connectivity index (χ0) is 23.0. The number of sulfonamides is 1. The molecular weight excluding hydrogens is 440 g/mol. The summed E-state index contributed by atoms with van der Waals surface area (Å²) in [5.41, 5.74) is 1.36. The molecule has 170 valence electrons. The number of amides is 1. The largest absolute Gasteiger partial charge is 0.495 e. The van der Waals surface area contributed by atoms with Crippen LogP contribution in [-0.4, -0.2) is 46.9 Å². The number of carbonyl (C=O) groups excluding carboxylic acids is 1. The SMILES string of the molecule is CCOc1ccccc1CCCNC(=O)C(C)N(c1ccc(OC)c(Cl)c1)S(C)(=O)=O. The molecule has 0 aliphatic rings. The molecule has 1 unspecified atom stereocenters. The summed E-state index contributed by atoms with van der Waals surface area (Å²) in [6.45, 7) is 4.47. The van der Waals surface area contributed by atoms with Crippen molar-refractivity contribution in [2.24, 2.45) is 0 Å². The van der Waals surface area contributed by atoms with Crippen LogP contribution in [0.4, 0.5) is 5.69 Å². The van der Waals surface area contributed by atoms with Crippen LogP contribution in [0.5, 0.6) is 11.5 Å². The molecule has 0 aromatic heterocycles. The van der Waals surface area contributed by atoms with Crippen molar-refractivity contribution in [2.75, 3.05) is 30.8 Å². The second kappa shape index (κ2) is 11.2. The predicted octanol–water partition coefficient (Wildman–Crippen LogP) is 3.65. The molecule has 1 atom stereocenters. The molecule has 31 heavy (non-hydrogen) atoms. The lowest BCUT2D eigenvalue weighted by atomic mass is 10.1. The number of nitrogens with zero attached hydrogens (tertiary/aromatic N) is 1. The smallest absolute Gasteiger partial charge is 0.243 e. The normalized spacial score (nSPS) is 12.2. The lowest BCUT2D eigenvalue weighted by Crippen LogP contribution is -2.48. The number of ether oxygens (including phenoxy) is 2. The third kappa shape index (κ3) is 6.77. The van der Waals surface area contributed by atoms with Crippen molar-refractivity contribution in [2.45, 2.75) is 32.7 Å². The highest BCUT2D eigenvalue weighted by atomic mass is 35.5. The number of nitrogens with one attached hydrogen (secondary N) is 1. The van der Waals surface area contributed by atoms with E-state index in [1.165, 1.54) is 13.2 Å². The van der Waals surface area contributed by atoms with Crippen molar-refractivity contribution in [3.8, 4) is 11.5 Å². The molecule has 2 aromatic carbocycles. The summed E-state index contributed by atoms with van der Waals surface area (Å²) in [5.74, 6) is 0.864. The Morgan fingerprint density at radius 2 is 1.90 bits per heavy atom. The van der Waals surface area contributed by atoms with Gasteiger partial charge in [-0.05, 0) is 56.5 Å². The van der Waals surface area contributed by atoms with E-state index in [1.807, 2.05) is 31.2 Å². The minimum absolute atomic E-state index is 0.259. The van der Waals surface area contributed by atoms with Crippen molar-refractivity contribution >= 4 is 33.2 Å². The van der Waals surface area contributed by atoms with E-state index in [2.05, 4.69) is 5.32 Å². The molecule has 0 spiro atoms. The quantitative estimate of drug-likeness (QED) is 0.509. The van der Waals surface area contributed by atoms with Gasteiger partial charge in [-0.2, -0.15) is 0 Å². The average molecular weight is 469 g/mol. The Labute approximate surface area is 189 Å². The number of benzene rings is 2. The molecule has 0 fully saturated rings. The van der Waals surface area contributed by atoms with Gasteiger partial charge in [0.05, 0.1) is 30.7 Å². The van der Waals surface area contributed by atoms with Crippen LogP contribution >= 0.6 is 11.6 Å².